The fourth-order valence-electron chi connectivity index (χ4n) is 1.84. The summed E-state index contributed by atoms with van der Waals surface area (Å²) in [6.07, 6.45) is 4.23. The molecule has 92 valence electrons. The molecule has 0 amide bonds. The summed E-state index contributed by atoms with van der Waals surface area (Å²) in [5.74, 6) is 1.84. The van der Waals surface area contributed by atoms with Gasteiger partial charge in [0.15, 0.2) is 0 Å². The van der Waals surface area contributed by atoms with E-state index < -0.39 is 0 Å². The summed E-state index contributed by atoms with van der Waals surface area (Å²) in [5, 5.41) is 13.2. The lowest BCUT2D eigenvalue weighted by atomic mass is 10.0. The van der Waals surface area contributed by atoms with Crippen LogP contribution in [0.15, 0.2) is 23.4 Å². The smallest absolute Gasteiger partial charge is 0.114 e. The number of rotatable bonds is 3. The van der Waals surface area contributed by atoms with Gasteiger partial charge in [-0.25, -0.2) is 4.98 Å². The van der Waals surface area contributed by atoms with Gasteiger partial charge in [0.05, 0.1) is 5.56 Å². The Hall–Kier alpha value is -0.760. The monoisotopic (exact) mass is 269 g/mol. The van der Waals surface area contributed by atoms with E-state index in [2.05, 4.69) is 16.4 Å². The lowest BCUT2D eigenvalue weighted by Gasteiger charge is -2.21. The summed E-state index contributed by atoms with van der Waals surface area (Å²) in [4.78, 5) is 4.26. The highest BCUT2D eigenvalue weighted by atomic mass is 35.5. The van der Waals surface area contributed by atoms with E-state index in [0.717, 1.165) is 29.8 Å². The number of nitriles is 1. The Morgan fingerprint density at radius 1 is 1.47 bits per heavy atom. The number of pyridine rings is 1. The molecule has 0 spiro atoms. The Bertz CT molecular complexity index is 386. The number of piperidine rings is 1. The van der Waals surface area contributed by atoms with Crippen LogP contribution < -0.4 is 5.32 Å². The number of thioether (sulfide) groups is 1. The quantitative estimate of drug-likeness (QED) is 0.857. The molecule has 0 aliphatic carbocycles. The molecule has 0 radical (unpaired) electrons. The normalized spacial score (nSPS) is 15.9. The third kappa shape index (κ3) is 4.19. The highest BCUT2D eigenvalue weighted by Gasteiger charge is 2.14. The predicted octanol–water partition coefficient (Wildman–Crippen LogP) is 2.47. The second kappa shape index (κ2) is 7.54. The molecule has 0 atom stereocenters. The molecule has 0 unspecified atom stereocenters. The van der Waals surface area contributed by atoms with Crippen molar-refractivity contribution in [2.24, 2.45) is 5.92 Å². The first-order valence-electron chi connectivity index (χ1n) is 5.59. The van der Waals surface area contributed by atoms with E-state index in [1.165, 1.54) is 12.8 Å². The van der Waals surface area contributed by atoms with Gasteiger partial charge >= 0.3 is 0 Å². The topological polar surface area (TPSA) is 48.7 Å². The first-order valence-corrected chi connectivity index (χ1v) is 6.57. The molecular weight excluding hydrogens is 254 g/mol. The molecule has 5 heteroatoms. The molecule has 0 saturated carbocycles. The Labute approximate surface area is 112 Å². The van der Waals surface area contributed by atoms with Crippen molar-refractivity contribution in [3.8, 4) is 6.07 Å². The fourth-order valence-corrected chi connectivity index (χ4v) is 2.97. The first-order chi connectivity index (χ1) is 7.90. The van der Waals surface area contributed by atoms with Crippen LogP contribution in [0.3, 0.4) is 0 Å². The Balaban J connectivity index is 0.00000144. The zero-order valence-corrected chi connectivity index (χ0v) is 11.2. The van der Waals surface area contributed by atoms with Crippen LogP contribution in [0.4, 0.5) is 0 Å². The molecule has 1 aromatic rings. The van der Waals surface area contributed by atoms with Crippen molar-refractivity contribution < 1.29 is 0 Å². The van der Waals surface area contributed by atoms with Crippen LogP contribution in [0.25, 0.3) is 0 Å². The molecule has 0 bridgehead atoms. The molecule has 17 heavy (non-hydrogen) atoms. The molecule has 2 heterocycles. The number of aromatic nitrogens is 1. The Morgan fingerprint density at radius 3 is 2.94 bits per heavy atom. The van der Waals surface area contributed by atoms with Gasteiger partial charge in [0, 0.05) is 11.9 Å². The standard InChI is InChI=1S/C12H15N3S.ClH/c13-8-11-2-1-5-15-12(11)16-9-10-3-6-14-7-4-10;/h1-2,5,10,14H,3-4,6-7,9H2;1H. The summed E-state index contributed by atoms with van der Waals surface area (Å²) in [7, 11) is 0. The Morgan fingerprint density at radius 2 is 2.24 bits per heavy atom. The molecule has 2 rings (SSSR count). The molecule has 1 aliphatic heterocycles. The largest absolute Gasteiger partial charge is 0.317 e. The number of nitrogens with one attached hydrogen (secondary N) is 1. The van der Waals surface area contributed by atoms with Crippen LogP contribution in [-0.4, -0.2) is 23.8 Å². The molecule has 0 aromatic carbocycles. The lowest BCUT2D eigenvalue weighted by molar-refractivity contribution is 0.408. The van der Waals surface area contributed by atoms with Crippen molar-refractivity contribution in [2.75, 3.05) is 18.8 Å². The van der Waals surface area contributed by atoms with E-state index in [-0.39, 0.29) is 12.4 Å². The van der Waals surface area contributed by atoms with Crippen molar-refractivity contribution in [2.45, 2.75) is 17.9 Å². The van der Waals surface area contributed by atoms with Gasteiger partial charge in [0.25, 0.3) is 0 Å². The van der Waals surface area contributed by atoms with Crippen LogP contribution in [0, 0.1) is 17.2 Å². The Kier molecular flexibility index (Phi) is 6.35. The average Bonchev–Trinajstić information content (AvgIpc) is 2.38. The number of hydrogen-bond acceptors (Lipinski definition) is 4. The number of halogens is 1. The summed E-state index contributed by atoms with van der Waals surface area (Å²) >= 11 is 1.72. The van der Waals surface area contributed by atoms with E-state index in [4.69, 9.17) is 5.26 Å². The summed E-state index contributed by atoms with van der Waals surface area (Å²) in [5.41, 5.74) is 0.696. The second-order valence-electron chi connectivity index (χ2n) is 3.97. The minimum Gasteiger partial charge on any atom is -0.317 e. The number of nitrogens with zero attached hydrogens (tertiary/aromatic N) is 2. The predicted molar refractivity (Wildman–Crippen MR) is 72.5 cm³/mol. The van der Waals surface area contributed by atoms with Crippen molar-refractivity contribution in [3.05, 3.63) is 23.9 Å². The maximum absolute atomic E-state index is 8.94. The SMILES string of the molecule is Cl.N#Cc1cccnc1SCC1CCNCC1. The summed E-state index contributed by atoms with van der Waals surface area (Å²) < 4.78 is 0. The van der Waals surface area contributed by atoms with Gasteiger partial charge in [0.2, 0.25) is 0 Å². The van der Waals surface area contributed by atoms with Crippen LogP contribution in [-0.2, 0) is 0 Å². The van der Waals surface area contributed by atoms with Gasteiger partial charge in [-0.05, 0) is 44.0 Å². The maximum Gasteiger partial charge on any atom is 0.114 e. The van der Waals surface area contributed by atoms with Gasteiger partial charge in [-0.3, -0.25) is 0 Å². The minimum atomic E-state index is 0. The molecule has 1 N–H and O–H groups in total. The zero-order chi connectivity index (χ0) is 11.2. The number of hydrogen-bond donors (Lipinski definition) is 1. The van der Waals surface area contributed by atoms with Crippen LogP contribution in [0.1, 0.15) is 18.4 Å². The average molecular weight is 270 g/mol. The molecule has 3 nitrogen and oxygen atoms in total. The van der Waals surface area contributed by atoms with E-state index in [1.807, 2.05) is 12.1 Å². The van der Waals surface area contributed by atoms with Crippen LogP contribution in [0.5, 0.6) is 0 Å². The molecule has 1 aromatic heterocycles. The van der Waals surface area contributed by atoms with Gasteiger partial charge in [-0.15, -0.1) is 24.2 Å². The van der Waals surface area contributed by atoms with Crippen LogP contribution >= 0.6 is 24.2 Å². The molecule has 1 fully saturated rings. The first kappa shape index (κ1) is 14.3. The van der Waals surface area contributed by atoms with Gasteiger partial charge in [-0.1, -0.05) is 0 Å². The van der Waals surface area contributed by atoms with Gasteiger partial charge < -0.3 is 5.32 Å². The molecule has 1 saturated heterocycles. The van der Waals surface area contributed by atoms with E-state index in [9.17, 15) is 0 Å². The van der Waals surface area contributed by atoms with Crippen molar-refractivity contribution in [1.82, 2.24) is 10.3 Å². The zero-order valence-electron chi connectivity index (χ0n) is 9.56. The van der Waals surface area contributed by atoms with Crippen molar-refractivity contribution in [1.29, 1.82) is 5.26 Å². The third-order valence-corrected chi connectivity index (χ3v) is 4.04. The van der Waals surface area contributed by atoms with Crippen molar-refractivity contribution in [3.63, 3.8) is 0 Å². The summed E-state index contributed by atoms with van der Waals surface area (Å²) in [6, 6.07) is 5.83. The molecular formula is C12H16ClN3S. The maximum atomic E-state index is 8.94. The molecule has 1 aliphatic rings. The highest BCUT2D eigenvalue weighted by Crippen LogP contribution is 2.25. The minimum absolute atomic E-state index is 0. The van der Waals surface area contributed by atoms with E-state index in [1.54, 1.807) is 18.0 Å². The van der Waals surface area contributed by atoms with Crippen molar-refractivity contribution >= 4 is 24.2 Å². The van der Waals surface area contributed by atoms with E-state index in [0.29, 0.717) is 5.56 Å². The van der Waals surface area contributed by atoms with E-state index >= 15 is 0 Å². The lowest BCUT2D eigenvalue weighted by Crippen LogP contribution is -2.28. The van der Waals surface area contributed by atoms with Crippen LogP contribution in [0.2, 0.25) is 0 Å². The third-order valence-electron chi connectivity index (χ3n) is 2.81. The fraction of sp³-hybridized carbons (Fsp3) is 0.500. The van der Waals surface area contributed by atoms with Gasteiger partial charge in [-0.2, -0.15) is 5.26 Å². The van der Waals surface area contributed by atoms with Gasteiger partial charge in [0.1, 0.15) is 11.1 Å². The second-order valence-corrected chi connectivity index (χ2v) is 4.98. The highest BCUT2D eigenvalue weighted by molar-refractivity contribution is 7.99. The summed E-state index contributed by atoms with van der Waals surface area (Å²) in [6.45, 7) is 2.25.